The molecular weight excluding hydrogens is 228 g/mol. The number of nitrogens with two attached hydrogens (primary N) is 2. The van der Waals surface area contributed by atoms with Gasteiger partial charge in [0, 0.05) is 16.9 Å². The molecular formula is C14H14N2O2. The molecule has 2 rings (SSSR count). The van der Waals surface area contributed by atoms with E-state index in [0.29, 0.717) is 16.9 Å². The number of anilines is 2. The van der Waals surface area contributed by atoms with Crippen molar-refractivity contribution in [2.24, 2.45) is 0 Å². The van der Waals surface area contributed by atoms with Crippen molar-refractivity contribution in [3.05, 3.63) is 47.5 Å². The van der Waals surface area contributed by atoms with Crippen LogP contribution in [-0.4, -0.2) is 11.1 Å². The molecule has 0 saturated carbocycles. The van der Waals surface area contributed by atoms with Gasteiger partial charge in [0.1, 0.15) is 0 Å². The molecule has 0 fully saturated rings. The molecule has 0 unspecified atom stereocenters. The predicted molar refractivity (Wildman–Crippen MR) is 72.4 cm³/mol. The van der Waals surface area contributed by atoms with Gasteiger partial charge in [-0.1, -0.05) is 12.1 Å². The molecule has 0 atom stereocenters. The highest BCUT2D eigenvalue weighted by atomic mass is 16.4. The first kappa shape index (κ1) is 12.0. The fourth-order valence-corrected chi connectivity index (χ4v) is 1.90. The molecule has 0 aromatic heterocycles. The van der Waals surface area contributed by atoms with Crippen molar-refractivity contribution in [1.29, 1.82) is 0 Å². The number of carboxylic acid groups (broad SMARTS) is 1. The monoisotopic (exact) mass is 242 g/mol. The van der Waals surface area contributed by atoms with Crippen LogP contribution in [0.25, 0.3) is 11.1 Å². The lowest BCUT2D eigenvalue weighted by molar-refractivity contribution is 0.0698. The number of carboxylic acids is 1. The van der Waals surface area contributed by atoms with Gasteiger partial charge in [0.15, 0.2) is 0 Å². The highest BCUT2D eigenvalue weighted by Gasteiger charge is 2.14. The Hall–Kier alpha value is -2.49. The number of benzene rings is 2. The average Bonchev–Trinajstić information content (AvgIpc) is 2.32. The molecule has 0 aliphatic rings. The molecule has 0 saturated heterocycles. The Morgan fingerprint density at radius 3 is 2.44 bits per heavy atom. The van der Waals surface area contributed by atoms with Crippen LogP contribution >= 0.6 is 0 Å². The summed E-state index contributed by atoms with van der Waals surface area (Å²) in [5.74, 6) is -0.994. The van der Waals surface area contributed by atoms with Gasteiger partial charge in [-0.3, -0.25) is 0 Å². The summed E-state index contributed by atoms with van der Waals surface area (Å²) >= 11 is 0. The molecule has 0 aliphatic heterocycles. The van der Waals surface area contributed by atoms with Crippen molar-refractivity contribution in [2.75, 3.05) is 11.5 Å². The summed E-state index contributed by atoms with van der Waals surface area (Å²) in [6.07, 6.45) is 0. The number of hydrogen-bond acceptors (Lipinski definition) is 3. The third kappa shape index (κ3) is 2.00. The van der Waals surface area contributed by atoms with Crippen molar-refractivity contribution in [2.45, 2.75) is 6.92 Å². The minimum atomic E-state index is -0.994. The number of carbonyl (C=O) groups is 1. The van der Waals surface area contributed by atoms with Crippen molar-refractivity contribution in [3.63, 3.8) is 0 Å². The molecule has 92 valence electrons. The van der Waals surface area contributed by atoms with Gasteiger partial charge >= 0.3 is 5.97 Å². The lowest BCUT2D eigenvalue weighted by Crippen LogP contribution is -2.03. The van der Waals surface area contributed by atoms with Crippen LogP contribution in [-0.2, 0) is 0 Å². The zero-order chi connectivity index (χ0) is 13.3. The van der Waals surface area contributed by atoms with E-state index in [0.717, 1.165) is 11.1 Å². The number of rotatable bonds is 2. The molecule has 4 heteroatoms. The van der Waals surface area contributed by atoms with Gasteiger partial charge in [-0.2, -0.15) is 0 Å². The summed E-state index contributed by atoms with van der Waals surface area (Å²) < 4.78 is 0. The Morgan fingerprint density at radius 2 is 1.83 bits per heavy atom. The van der Waals surface area contributed by atoms with Gasteiger partial charge in [0.05, 0.1) is 5.56 Å². The van der Waals surface area contributed by atoms with Crippen LogP contribution in [0.3, 0.4) is 0 Å². The van der Waals surface area contributed by atoms with Gasteiger partial charge in [-0.05, 0) is 42.3 Å². The first-order chi connectivity index (χ1) is 8.50. The maximum atomic E-state index is 11.2. The van der Waals surface area contributed by atoms with Crippen molar-refractivity contribution >= 4 is 17.3 Å². The van der Waals surface area contributed by atoms with Crippen LogP contribution < -0.4 is 11.5 Å². The number of hydrogen-bond donors (Lipinski definition) is 3. The standard InChI is InChI=1S/C14H14N2O2/c1-8-7-9(5-6-11(8)15)13-10(14(17)18)3-2-4-12(13)16/h2-7H,15-16H2,1H3,(H,17,18). The Balaban J connectivity index is 2.69. The lowest BCUT2D eigenvalue weighted by Gasteiger charge is -2.11. The second-order valence-electron chi connectivity index (χ2n) is 4.15. The zero-order valence-corrected chi connectivity index (χ0v) is 9.97. The van der Waals surface area contributed by atoms with E-state index in [-0.39, 0.29) is 5.56 Å². The second kappa shape index (κ2) is 4.41. The van der Waals surface area contributed by atoms with E-state index < -0.39 is 5.97 Å². The number of nitrogen functional groups attached to an aromatic ring is 2. The molecule has 0 spiro atoms. The normalized spacial score (nSPS) is 10.3. The highest BCUT2D eigenvalue weighted by Crippen LogP contribution is 2.31. The molecule has 0 amide bonds. The van der Waals surface area contributed by atoms with Crippen LogP contribution in [0, 0.1) is 6.92 Å². The third-order valence-electron chi connectivity index (χ3n) is 2.89. The maximum Gasteiger partial charge on any atom is 0.336 e. The minimum Gasteiger partial charge on any atom is -0.478 e. The molecule has 0 bridgehead atoms. The van der Waals surface area contributed by atoms with Crippen molar-refractivity contribution in [3.8, 4) is 11.1 Å². The van der Waals surface area contributed by atoms with Gasteiger partial charge in [-0.15, -0.1) is 0 Å². The van der Waals surface area contributed by atoms with Crippen LogP contribution in [0.1, 0.15) is 15.9 Å². The summed E-state index contributed by atoms with van der Waals surface area (Å²) in [7, 11) is 0. The predicted octanol–water partition coefficient (Wildman–Crippen LogP) is 2.52. The number of aromatic carboxylic acids is 1. The first-order valence-corrected chi connectivity index (χ1v) is 5.49. The smallest absolute Gasteiger partial charge is 0.336 e. The quantitative estimate of drug-likeness (QED) is 0.706. The summed E-state index contributed by atoms with van der Waals surface area (Å²) in [6.45, 7) is 1.87. The fraction of sp³-hybridized carbons (Fsp3) is 0.0714. The SMILES string of the molecule is Cc1cc(-c2c(N)cccc2C(=O)O)ccc1N. The number of aryl methyl sites for hydroxylation is 1. The van der Waals surface area contributed by atoms with Gasteiger partial charge in [0.25, 0.3) is 0 Å². The summed E-state index contributed by atoms with van der Waals surface area (Å²) in [4.78, 5) is 11.2. The Bertz CT molecular complexity index is 621. The Kier molecular flexibility index (Phi) is 2.93. The van der Waals surface area contributed by atoms with E-state index in [9.17, 15) is 9.90 Å². The van der Waals surface area contributed by atoms with Crippen molar-refractivity contribution < 1.29 is 9.90 Å². The third-order valence-corrected chi connectivity index (χ3v) is 2.89. The molecule has 5 N–H and O–H groups in total. The largest absolute Gasteiger partial charge is 0.478 e. The lowest BCUT2D eigenvalue weighted by atomic mass is 9.96. The van der Waals surface area contributed by atoms with E-state index in [1.54, 1.807) is 30.3 Å². The molecule has 0 radical (unpaired) electrons. The van der Waals surface area contributed by atoms with E-state index in [1.165, 1.54) is 0 Å². The average molecular weight is 242 g/mol. The molecule has 2 aromatic carbocycles. The molecule has 0 aliphatic carbocycles. The van der Waals surface area contributed by atoms with Crippen LogP contribution in [0.15, 0.2) is 36.4 Å². The van der Waals surface area contributed by atoms with Crippen LogP contribution in [0.2, 0.25) is 0 Å². The Labute approximate surface area is 105 Å². The van der Waals surface area contributed by atoms with E-state index in [2.05, 4.69) is 0 Å². The first-order valence-electron chi connectivity index (χ1n) is 5.49. The molecule has 2 aromatic rings. The highest BCUT2D eigenvalue weighted by molar-refractivity contribution is 5.99. The van der Waals surface area contributed by atoms with E-state index in [1.807, 2.05) is 13.0 Å². The molecule has 18 heavy (non-hydrogen) atoms. The van der Waals surface area contributed by atoms with Crippen LogP contribution in [0.5, 0.6) is 0 Å². The van der Waals surface area contributed by atoms with Gasteiger partial charge in [-0.25, -0.2) is 4.79 Å². The fourth-order valence-electron chi connectivity index (χ4n) is 1.90. The topological polar surface area (TPSA) is 89.3 Å². The molecule has 4 nitrogen and oxygen atoms in total. The van der Waals surface area contributed by atoms with Crippen molar-refractivity contribution in [1.82, 2.24) is 0 Å². The summed E-state index contributed by atoms with van der Waals surface area (Å²) in [6, 6.07) is 10.2. The van der Waals surface area contributed by atoms with E-state index in [4.69, 9.17) is 11.5 Å². The van der Waals surface area contributed by atoms with Gasteiger partial charge in [0.2, 0.25) is 0 Å². The summed E-state index contributed by atoms with van der Waals surface area (Å²) in [5.41, 5.74) is 15.1. The zero-order valence-electron chi connectivity index (χ0n) is 9.97. The second-order valence-corrected chi connectivity index (χ2v) is 4.15. The van der Waals surface area contributed by atoms with Gasteiger partial charge < -0.3 is 16.6 Å². The Morgan fingerprint density at radius 1 is 1.11 bits per heavy atom. The maximum absolute atomic E-state index is 11.2. The van der Waals surface area contributed by atoms with E-state index >= 15 is 0 Å². The van der Waals surface area contributed by atoms with Crippen LogP contribution in [0.4, 0.5) is 11.4 Å². The molecule has 0 heterocycles. The minimum absolute atomic E-state index is 0.194. The summed E-state index contributed by atoms with van der Waals surface area (Å²) in [5, 5.41) is 9.20.